The van der Waals surface area contributed by atoms with Crippen LogP contribution in [0.2, 0.25) is 0 Å². The monoisotopic (exact) mass is 399 g/mol. The molecule has 154 valence electrons. The van der Waals surface area contributed by atoms with Crippen molar-refractivity contribution in [1.82, 2.24) is 25.3 Å². The summed E-state index contributed by atoms with van der Waals surface area (Å²) in [5.74, 6) is -0.270. The molecule has 2 N–H and O–H groups in total. The number of amides is 5. The first kappa shape index (κ1) is 19.4. The lowest BCUT2D eigenvalue weighted by atomic mass is 10.0. The van der Waals surface area contributed by atoms with Gasteiger partial charge in [-0.15, -0.1) is 0 Å². The van der Waals surface area contributed by atoms with Gasteiger partial charge in [-0.05, 0) is 30.5 Å². The fourth-order valence-electron chi connectivity index (χ4n) is 4.18. The third-order valence-corrected chi connectivity index (χ3v) is 5.70. The summed E-state index contributed by atoms with van der Waals surface area (Å²) in [7, 11) is 0. The van der Waals surface area contributed by atoms with E-state index >= 15 is 0 Å². The van der Waals surface area contributed by atoms with E-state index in [1.54, 1.807) is 29.2 Å². The topological polar surface area (TPSA) is 102 Å². The van der Waals surface area contributed by atoms with Crippen LogP contribution in [0.25, 0.3) is 0 Å². The van der Waals surface area contributed by atoms with Crippen LogP contribution in [-0.2, 0) is 16.1 Å². The molecule has 0 spiro atoms. The van der Waals surface area contributed by atoms with E-state index in [-0.39, 0.29) is 36.9 Å². The molecule has 0 saturated carbocycles. The Hall–Kier alpha value is -2.94. The van der Waals surface area contributed by atoms with E-state index in [0.29, 0.717) is 31.7 Å². The number of benzene rings is 1. The van der Waals surface area contributed by atoms with Crippen LogP contribution in [0.5, 0.6) is 0 Å². The van der Waals surface area contributed by atoms with Gasteiger partial charge in [0, 0.05) is 37.8 Å². The summed E-state index contributed by atoms with van der Waals surface area (Å²) in [4.78, 5) is 53.7. The first-order chi connectivity index (χ1) is 14.0. The number of nitrogens with zero attached hydrogens (tertiary/aromatic N) is 3. The van der Waals surface area contributed by atoms with Gasteiger partial charge in [0.25, 0.3) is 5.91 Å². The molecule has 5 amide bonds. The van der Waals surface area contributed by atoms with Gasteiger partial charge in [-0.2, -0.15) is 0 Å². The molecular weight excluding hydrogens is 374 g/mol. The summed E-state index contributed by atoms with van der Waals surface area (Å²) < 4.78 is 0. The standard InChI is InChI=1S/C20H25N5O4/c26-17-10-21-6-8-24(17)16-5-2-7-23(13-16)19(28)15-4-1-3-14(9-15)12-25-18(27)11-22-20(25)29/h1,3-4,9,16,21H,2,5-8,10-13H2,(H,22,29). The van der Waals surface area contributed by atoms with Gasteiger partial charge in [-0.1, -0.05) is 12.1 Å². The van der Waals surface area contributed by atoms with Crippen molar-refractivity contribution in [2.75, 3.05) is 39.3 Å². The Kier molecular flexibility index (Phi) is 5.48. The number of carbonyl (C=O) groups is 4. The highest BCUT2D eigenvalue weighted by molar-refractivity contribution is 6.02. The zero-order valence-corrected chi connectivity index (χ0v) is 16.2. The molecule has 1 aromatic carbocycles. The van der Waals surface area contributed by atoms with Gasteiger partial charge in [-0.25, -0.2) is 4.79 Å². The molecule has 0 bridgehead atoms. The highest BCUT2D eigenvalue weighted by atomic mass is 16.2. The maximum atomic E-state index is 13.1. The number of rotatable bonds is 4. The van der Waals surface area contributed by atoms with Crippen molar-refractivity contribution >= 4 is 23.8 Å². The Morgan fingerprint density at radius 2 is 1.97 bits per heavy atom. The number of carbonyl (C=O) groups excluding carboxylic acids is 4. The van der Waals surface area contributed by atoms with Gasteiger partial charge in [-0.3, -0.25) is 19.3 Å². The van der Waals surface area contributed by atoms with Crippen molar-refractivity contribution in [1.29, 1.82) is 0 Å². The van der Waals surface area contributed by atoms with E-state index in [2.05, 4.69) is 10.6 Å². The number of piperidine rings is 1. The number of piperazine rings is 1. The minimum atomic E-state index is -0.411. The zero-order valence-electron chi connectivity index (χ0n) is 16.2. The van der Waals surface area contributed by atoms with Crippen molar-refractivity contribution < 1.29 is 19.2 Å². The second kappa shape index (κ2) is 8.20. The molecule has 3 aliphatic rings. The summed E-state index contributed by atoms with van der Waals surface area (Å²) in [5, 5.41) is 5.57. The quantitative estimate of drug-likeness (QED) is 0.682. The number of hydrogen-bond donors (Lipinski definition) is 2. The molecule has 0 aromatic heterocycles. The Morgan fingerprint density at radius 1 is 1.10 bits per heavy atom. The lowest BCUT2D eigenvalue weighted by Crippen LogP contribution is -2.57. The molecule has 1 unspecified atom stereocenters. The van der Waals surface area contributed by atoms with Gasteiger partial charge in [0.2, 0.25) is 11.8 Å². The van der Waals surface area contributed by atoms with Crippen LogP contribution in [0.4, 0.5) is 4.79 Å². The smallest absolute Gasteiger partial charge is 0.324 e. The van der Waals surface area contributed by atoms with Crippen molar-refractivity contribution in [2.45, 2.75) is 25.4 Å². The molecule has 1 aromatic rings. The lowest BCUT2D eigenvalue weighted by Gasteiger charge is -2.41. The van der Waals surface area contributed by atoms with E-state index in [1.165, 1.54) is 0 Å². The molecular formula is C20H25N5O4. The highest BCUT2D eigenvalue weighted by Gasteiger charge is 2.32. The second-order valence-electron chi connectivity index (χ2n) is 7.65. The van der Waals surface area contributed by atoms with Crippen molar-refractivity contribution in [3.8, 4) is 0 Å². The average molecular weight is 399 g/mol. The molecule has 3 heterocycles. The fraction of sp³-hybridized carbons (Fsp3) is 0.500. The average Bonchev–Trinajstić information content (AvgIpc) is 3.06. The third-order valence-electron chi connectivity index (χ3n) is 5.70. The second-order valence-corrected chi connectivity index (χ2v) is 7.65. The highest BCUT2D eigenvalue weighted by Crippen LogP contribution is 2.20. The lowest BCUT2D eigenvalue weighted by molar-refractivity contribution is -0.135. The molecule has 29 heavy (non-hydrogen) atoms. The molecule has 3 aliphatic heterocycles. The van der Waals surface area contributed by atoms with Gasteiger partial charge in [0.15, 0.2) is 0 Å². The molecule has 9 nitrogen and oxygen atoms in total. The molecule has 3 saturated heterocycles. The van der Waals surface area contributed by atoms with Gasteiger partial charge in [0.05, 0.1) is 19.6 Å². The minimum Gasteiger partial charge on any atom is -0.337 e. The van der Waals surface area contributed by atoms with Crippen LogP contribution in [0.3, 0.4) is 0 Å². The van der Waals surface area contributed by atoms with Crippen LogP contribution < -0.4 is 10.6 Å². The van der Waals surface area contributed by atoms with Crippen LogP contribution in [0, 0.1) is 0 Å². The van der Waals surface area contributed by atoms with E-state index in [1.807, 2.05) is 4.90 Å². The Balaban J connectivity index is 1.44. The van der Waals surface area contributed by atoms with Crippen LogP contribution in [0.15, 0.2) is 24.3 Å². The number of hydrogen-bond acceptors (Lipinski definition) is 5. The summed E-state index contributed by atoms with van der Waals surface area (Å²) in [5.41, 5.74) is 1.26. The van der Waals surface area contributed by atoms with Gasteiger partial charge < -0.3 is 20.4 Å². The number of nitrogens with one attached hydrogen (secondary N) is 2. The first-order valence-corrected chi connectivity index (χ1v) is 9.99. The maximum absolute atomic E-state index is 13.1. The first-order valence-electron chi connectivity index (χ1n) is 9.99. The normalized spacial score (nSPS) is 22.8. The summed E-state index contributed by atoms with van der Waals surface area (Å²) in [6.45, 7) is 3.15. The minimum absolute atomic E-state index is 0.0113. The van der Waals surface area contributed by atoms with Crippen molar-refractivity contribution in [3.05, 3.63) is 35.4 Å². The predicted molar refractivity (Wildman–Crippen MR) is 104 cm³/mol. The van der Waals surface area contributed by atoms with Gasteiger partial charge >= 0.3 is 6.03 Å². The van der Waals surface area contributed by atoms with Crippen molar-refractivity contribution in [3.63, 3.8) is 0 Å². The van der Waals surface area contributed by atoms with E-state index in [0.717, 1.165) is 29.8 Å². The predicted octanol–water partition coefficient (Wildman–Crippen LogP) is -0.225. The Bertz CT molecular complexity index is 826. The molecule has 0 radical (unpaired) electrons. The van der Waals surface area contributed by atoms with Crippen LogP contribution in [-0.4, -0.2) is 83.8 Å². The Morgan fingerprint density at radius 3 is 2.72 bits per heavy atom. The van der Waals surface area contributed by atoms with Crippen LogP contribution in [0.1, 0.15) is 28.8 Å². The molecule has 9 heteroatoms. The molecule has 0 aliphatic carbocycles. The van der Waals surface area contributed by atoms with Gasteiger partial charge in [0.1, 0.15) is 0 Å². The van der Waals surface area contributed by atoms with Crippen LogP contribution >= 0.6 is 0 Å². The summed E-state index contributed by atoms with van der Waals surface area (Å²) in [6, 6.07) is 6.69. The third kappa shape index (κ3) is 4.09. The summed E-state index contributed by atoms with van der Waals surface area (Å²) >= 11 is 0. The SMILES string of the molecule is O=C(c1cccc(CN2C(=O)CNC2=O)c1)N1CCCC(N2CCNCC2=O)C1. The summed E-state index contributed by atoms with van der Waals surface area (Å²) in [6.07, 6.45) is 1.76. The molecule has 1 atom stereocenters. The fourth-order valence-corrected chi connectivity index (χ4v) is 4.18. The largest absolute Gasteiger partial charge is 0.337 e. The Labute approximate surface area is 169 Å². The van der Waals surface area contributed by atoms with E-state index in [9.17, 15) is 19.2 Å². The number of likely N-dealkylation sites (tertiary alicyclic amines) is 1. The van der Waals surface area contributed by atoms with E-state index < -0.39 is 6.03 Å². The van der Waals surface area contributed by atoms with Crippen molar-refractivity contribution in [2.24, 2.45) is 0 Å². The maximum Gasteiger partial charge on any atom is 0.324 e. The zero-order chi connectivity index (χ0) is 20.4. The number of imide groups is 1. The van der Waals surface area contributed by atoms with E-state index in [4.69, 9.17) is 0 Å². The molecule has 4 rings (SSSR count). The number of urea groups is 1. The molecule has 3 fully saturated rings.